The maximum absolute atomic E-state index is 11.8. The van der Waals surface area contributed by atoms with E-state index in [0.29, 0.717) is 6.42 Å². The Balaban J connectivity index is 2.40. The number of carbonyl (C=O) groups is 2. The van der Waals surface area contributed by atoms with Crippen LogP contribution in [-0.2, 0) is 11.2 Å². The minimum absolute atomic E-state index is 0.108. The fourth-order valence-corrected chi connectivity index (χ4v) is 2.07. The molecule has 0 fully saturated rings. The minimum atomic E-state index is -0.108. The van der Waals surface area contributed by atoms with Crippen LogP contribution in [0, 0.1) is 12.8 Å². The lowest BCUT2D eigenvalue weighted by Crippen LogP contribution is -2.08. The number of aryl methyl sites for hydroxylation is 1. The first-order valence-electron chi connectivity index (χ1n) is 4.80. The Kier molecular flexibility index (Phi) is 2.20. The van der Waals surface area contributed by atoms with Crippen LogP contribution in [0.5, 0.6) is 0 Å². The molecule has 0 aliphatic heterocycles. The van der Waals surface area contributed by atoms with E-state index in [9.17, 15) is 9.59 Å². The van der Waals surface area contributed by atoms with Crippen LogP contribution in [-0.4, -0.2) is 12.1 Å². The van der Waals surface area contributed by atoms with Gasteiger partial charge in [0.1, 0.15) is 6.29 Å². The Bertz CT molecular complexity index is 393. The SMILES string of the molecule is Cc1cccc2c1C[C@@H](CC=O)C2=O. The summed E-state index contributed by atoms with van der Waals surface area (Å²) < 4.78 is 0. The third-order valence-corrected chi connectivity index (χ3v) is 2.88. The molecule has 2 nitrogen and oxygen atoms in total. The summed E-state index contributed by atoms with van der Waals surface area (Å²) >= 11 is 0. The van der Waals surface area contributed by atoms with Crippen LogP contribution in [0.3, 0.4) is 0 Å². The van der Waals surface area contributed by atoms with Crippen molar-refractivity contribution in [2.75, 3.05) is 0 Å². The molecule has 0 saturated heterocycles. The van der Waals surface area contributed by atoms with Gasteiger partial charge in [-0.05, 0) is 24.5 Å². The highest BCUT2D eigenvalue weighted by molar-refractivity contribution is 6.03. The Morgan fingerprint density at radius 1 is 1.50 bits per heavy atom. The highest BCUT2D eigenvalue weighted by Gasteiger charge is 2.30. The van der Waals surface area contributed by atoms with E-state index in [1.807, 2.05) is 25.1 Å². The third kappa shape index (κ3) is 1.27. The number of aldehydes is 1. The first-order chi connectivity index (χ1) is 6.74. The number of ketones is 1. The molecule has 2 heteroatoms. The number of benzene rings is 1. The normalized spacial score (nSPS) is 19.5. The van der Waals surface area contributed by atoms with Crippen LogP contribution < -0.4 is 0 Å². The van der Waals surface area contributed by atoms with Crippen LogP contribution in [0.25, 0.3) is 0 Å². The van der Waals surface area contributed by atoms with Gasteiger partial charge < -0.3 is 4.79 Å². The van der Waals surface area contributed by atoms with Crippen LogP contribution in [0.15, 0.2) is 18.2 Å². The number of hydrogen-bond donors (Lipinski definition) is 0. The highest BCUT2D eigenvalue weighted by Crippen LogP contribution is 2.30. The van der Waals surface area contributed by atoms with E-state index >= 15 is 0 Å². The Morgan fingerprint density at radius 2 is 2.29 bits per heavy atom. The summed E-state index contributed by atoms with van der Waals surface area (Å²) in [6.07, 6.45) is 1.93. The van der Waals surface area contributed by atoms with E-state index in [4.69, 9.17) is 0 Å². The zero-order chi connectivity index (χ0) is 10.1. The summed E-state index contributed by atoms with van der Waals surface area (Å²) in [7, 11) is 0. The molecule has 1 aliphatic rings. The Morgan fingerprint density at radius 3 is 2.93 bits per heavy atom. The van der Waals surface area contributed by atoms with Crippen molar-refractivity contribution in [3.8, 4) is 0 Å². The molecule has 0 unspecified atom stereocenters. The molecular formula is C12H12O2. The Labute approximate surface area is 82.9 Å². The molecule has 0 radical (unpaired) electrons. The van der Waals surface area contributed by atoms with E-state index in [0.717, 1.165) is 29.4 Å². The molecule has 1 aromatic rings. The molecule has 0 bridgehead atoms. The lowest BCUT2D eigenvalue weighted by atomic mass is 10.0. The van der Waals surface area contributed by atoms with Crippen molar-refractivity contribution in [3.05, 3.63) is 34.9 Å². The zero-order valence-corrected chi connectivity index (χ0v) is 8.12. The standard InChI is InChI=1S/C12H12O2/c1-8-3-2-4-10-11(8)7-9(5-6-13)12(10)14/h2-4,6,9H,5,7H2,1H3/t9-/m1/s1. The average molecular weight is 188 g/mol. The van der Waals surface area contributed by atoms with Crippen molar-refractivity contribution in [2.24, 2.45) is 5.92 Å². The zero-order valence-electron chi connectivity index (χ0n) is 8.12. The predicted molar refractivity (Wildman–Crippen MR) is 53.4 cm³/mol. The lowest BCUT2D eigenvalue weighted by molar-refractivity contribution is -0.108. The fraction of sp³-hybridized carbons (Fsp3) is 0.333. The van der Waals surface area contributed by atoms with Crippen molar-refractivity contribution in [3.63, 3.8) is 0 Å². The second-order valence-corrected chi connectivity index (χ2v) is 3.77. The molecule has 0 amide bonds. The van der Waals surface area contributed by atoms with Crippen molar-refractivity contribution in [1.29, 1.82) is 0 Å². The molecule has 0 spiro atoms. The molecule has 72 valence electrons. The van der Waals surface area contributed by atoms with Gasteiger partial charge in [-0.1, -0.05) is 18.2 Å². The smallest absolute Gasteiger partial charge is 0.166 e. The number of carbonyl (C=O) groups excluding carboxylic acids is 2. The number of Topliss-reactive ketones (excluding diaryl/α,β-unsaturated/α-hetero) is 1. The maximum Gasteiger partial charge on any atom is 0.166 e. The van der Waals surface area contributed by atoms with E-state index in [-0.39, 0.29) is 11.7 Å². The third-order valence-electron chi connectivity index (χ3n) is 2.88. The summed E-state index contributed by atoms with van der Waals surface area (Å²) in [4.78, 5) is 22.2. The van der Waals surface area contributed by atoms with Crippen molar-refractivity contribution in [2.45, 2.75) is 19.8 Å². The predicted octanol–water partition coefficient (Wildman–Crippen LogP) is 1.94. The van der Waals surface area contributed by atoms with Gasteiger partial charge in [0.05, 0.1) is 0 Å². The molecule has 14 heavy (non-hydrogen) atoms. The lowest BCUT2D eigenvalue weighted by Gasteiger charge is -2.00. The minimum Gasteiger partial charge on any atom is -0.303 e. The largest absolute Gasteiger partial charge is 0.303 e. The molecule has 1 atom stereocenters. The van der Waals surface area contributed by atoms with Gasteiger partial charge in [0.2, 0.25) is 0 Å². The first kappa shape index (κ1) is 9.13. The van der Waals surface area contributed by atoms with Gasteiger partial charge in [-0.3, -0.25) is 4.79 Å². The van der Waals surface area contributed by atoms with Gasteiger partial charge in [0, 0.05) is 17.9 Å². The molecule has 0 saturated carbocycles. The molecule has 0 N–H and O–H groups in total. The summed E-state index contributed by atoms with van der Waals surface area (Å²) in [6.45, 7) is 2.01. The van der Waals surface area contributed by atoms with Crippen molar-refractivity contribution >= 4 is 12.1 Å². The first-order valence-corrected chi connectivity index (χ1v) is 4.80. The van der Waals surface area contributed by atoms with Gasteiger partial charge in [-0.15, -0.1) is 0 Å². The van der Waals surface area contributed by atoms with Gasteiger partial charge in [-0.2, -0.15) is 0 Å². The quantitative estimate of drug-likeness (QED) is 0.665. The summed E-state index contributed by atoms with van der Waals surface area (Å²) in [6, 6.07) is 5.76. The monoisotopic (exact) mass is 188 g/mol. The van der Waals surface area contributed by atoms with Gasteiger partial charge >= 0.3 is 0 Å². The van der Waals surface area contributed by atoms with Gasteiger partial charge in [0.15, 0.2) is 5.78 Å². The molecule has 0 aromatic heterocycles. The molecule has 1 aromatic carbocycles. The Hall–Kier alpha value is -1.44. The van der Waals surface area contributed by atoms with Crippen LogP contribution in [0.2, 0.25) is 0 Å². The van der Waals surface area contributed by atoms with Gasteiger partial charge in [0.25, 0.3) is 0 Å². The summed E-state index contributed by atoms with van der Waals surface area (Å²) in [5.74, 6) is 0.0272. The number of fused-ring (bicyclic) bond motifs is 1. The molecule has 0 heterocycles. The number of rotatable bonds is 2. The van der Waals surface area contributed by atoms with E-state index in [1.165, 1.54) is 0 Å². The fourth-order valence-electron chi connectivity index (χ4n) is 2.07. The molecule has 1 aliphatic carbocycles. The maximum atomic E-state index is 11.8. The molecule has 2 rings (SSSR count). The second kappa shape index (κ2) is 3.37. The number of hydrogen-bond acceptors (Lipinski definition) is 2. The summed E-state index contributed by atoms with van der Waals surface area (Å²) in [5, 5.41) is 0. The van der Waals surface area contributed by atoms with Crippen molar-refractivity contribution < 1.29 is 9.59 Å². The molecular weight excluding hydrogens is 176 g/mol. The van der Waals surface area contributed by atoms with Crippen LogP contribution >= 0.6 is 0 Å². The van der Waals surface area contributed by atoms with E-state index in [2.05, 4.69) is 0 Å². The van der Waals surface area contributed by atoms with Crippen LogP contribution in [0.1, 0.15) is 27.9 Å². The second-order valence-electron chi connectivity index (χ2n) is 3.77. The van der Waals surface area contributed by atoms with Crippen LogP contribution in [0.4, 0.5) is 0 Å². The van der Waals surface area contributed by atoms with E-state index < -0.39 is 0 Å². The van der Waals surface area contributed by atoms with Crippen molar-refractivity contribution in [1.82, 2.24) is 0 Å². The highest BCUT2D eigenvalue weighted by atomic mass is 16.1. The van der Waals surface area contributed by atoms with Gasteiger partial charge in [-0.25, -0.2) is 0 Å². The van der Waals surface area contributed by atoms with E-state index in [1.54, 1.807) is 0 Å². The average Bonchev–Trinajstić information content (AvgIpc) is 2.48. The topological polar surface area (TPSA) is 34.1 Å². The summed E-state index contributed by atoms with van der Waals surface area (Å²) in [5.41, 5.74) is 3.10.